The van der Waals surface area contributed by atoms with Crippen molar-refractivity contribution in [1.82, 2.24) is 4.57 Å². The lowest BCUT2D eigenvalue weighted by Crippen LogP contribution is -2.40. The second-order valence-electron chi connectivity index (χ2n) is 9.03. The van der Waals surface area contributed by atoms with Crippen molar-refractivity contribution in [2.75, 3.05) is 26.6 Å². The molecule has 0 saturated carbocycles. The van der Waals surface area contributed by atoms with Crippen molar-refractivity contribution in [2.45, 2.75) is 17.9 Å². The predicted molar refractivity (Wildman–Crippen MR) is 163 cm³/mol. The van der Waals surface area contributed by atoms with Crippen LogP contribution in [0, 0.1) is 11.3 Å². The zero-order valence-corrected chi connectivity index (χ0v) is 24.8. The number of esters is 1. The Labute approximate surface area is 250 Å². The second-order valence-corrected chi connectivity index (χ2v) is 10.9. The molecule has 0 unspecified atom stereocenters. The number of nitrogens with zero attached hydrogens (tertiary/aromatic N) is 3. The largest absolute Gasteiger partial charge is 0.493 e. The molecular formula is C32H27N3O5S2. The molecule has 1 atom stereocenters. The summed E-state index contributed by atoms with van der Waals surface area (Å²) in [7, 11) is 1.51. The number of nitriles is 1. The number of ether oxygens (including phenoxy) is 3. The Balaban J connectivity index is 1.81. The molecule has 0 spiro atoms. The van der Waals surface area contributed by atoms with Crippen LogP contribution in [0.25, 0.3) is 11.8 Å². The van der Waals surface area contributed by atoms with Crippen molar-refractivity contribution in [3.05, 3.63) is 115 Å². The molecule has 0 aliphatic carbocycles. The van der Waals surface area contributed by atoms with E-state index in [4.69, 9.17) is 24.5 Å². The minimum Gasteiger partial charge on any atom is -0.493 e. The van der Waals surface area contributed by atoms with E-state index in [1.54, 1.807) is 47.5 Å². The number of aromatic nitrogens is 1. The summed E-state index contributed by atoms with van der Waals surface area (Å²) in [4.78, 5) is 34.1. The minimum absolute atomic E-state index is 0.175. The third kappa shape index (κ3) is 5.62. The van der Waals surface area contributed by atoms with E-state index in [1.165, 1.54) is 18.4 Å². The first kappa shape index (κ1) is 28.9. The first-order valence-electron chi connectivity index (χ1n) is 13.1. The number of carbonyl (C=O) groups is 1. The molecule has 4 aromatic rings. The first-order chi connectivity index (χ1) is 20.5. The minimum atomic E-state index is -0.770. The van der Waals surface area contributed by atoms with E-state index in [-0.39, 0.29) is 18.8 Å². The predicted octanol–water partition coefficient (Wildman–Crippen LogP) is 4.57. The summed E-state index contributed by atoms with van der Waals surface area (Å²) in [6, 6.07) is 23.7. The van der Waals surface area contributed by atoms with Crippen LogP contribution in [0.5, 0.6) is 11.5 Å². The lowest BCUT2D eigenvalue weighted by Gasteiger charge is -2.26. The molecule has 3 aromatic carbocycles. The second kappa shape index (κ2) is 12.9. The smallest absolute Gasteiger partial charge is 0.338 e. The van der Waals surface area contributed by atoms with Gasteiger partial charge in [-0.2, -0.15) is 5.26 Å². The summed E-state index contributed by atoms with van der Waals surface area (Å²) in [5, 5.41) is 9.09. The van der Waals surface area contributed by atoms with E-state index in [0.717, 1.165) is 16.0 Å². The zero-order valence-electron chi connectivity index (χ0n) is 23.2. The number of hydrogen-bond donors (Lipinski definition) is 0. The molecule has 1 aliphatic heterocycles. The molecule has 0 radical (unpaired) electrons. The Hall–Kier alpha value is -4.59. The average molecular weight is 598 g/mol. The molecule has 5 rings (SSSR count). The molecule has 0 fully saturated rings. The highest BCUT2D eigenvalue weighted by Gasteiger charge is 2.35. The van der Waals surface area contributed by atoms with Crippen LogP contribution in [-0.4, -0.2) is 37.1 Å². The Morgan fingerprint density at radius 1 is 1.12 bits per heavy atom. The van der Waals surface area contributed by atoms with Gasteiger partial charge in [0.2, 0.25) is 0 Å². The topological polar surface area (TPSA) is 103 Å². The summed E-state index contributed by atoms with van der Waals surface area (Å²) in [5.74, 6) is 0.261. The van der Waals surface area contributed by atoms with Gasteiger partial charge in [-0.15, -0.1) is 11.8 Å². The van der Waals surface area contributed by atoms with Crippen LogP contribution in [-0.2, 0) is 9.53 Å². The van der Waals surface area contributed by atoms with E-state index in [2.05, 4.69) is 0 Å². The van der Waals surface area contributed by atoms with Crippen molar-refractivity contribution in [3.8, 4) is 17.6 Å². The van der Waals surface area contributed by atoms with Gasteiger partial charge in [0, 0.05) is 16.0 Å². The van der Waals surface area contributed by atoms with Crippen molar-refractivity contribution >= 4 is 40.8 Å². The first-order valence-corrected chi connectivity index (χ1v) is 15.1. The third-order valence-electron chi connectivity index (χ3n) is 6.60. The summed E-state index contributed by atoms with van der Waals surface area (Å²) in [6.07, 6.45) is 3.69. The van der Waals surface area contributed by atoms with E-state index in [0.29, 0.717) is 37.7 Å². The van der Waals surface area contributed by atoms with E-state index in [9.17, 15) is 9.59 Å². The Morgan fingerprint density at radius 2 is 1.88 bits per heavy atom. The number of rotatable bonds is 9. The number of benzene rings is 3. The van der Waals surface area contributed by atoms with Gasteiger partial charge < -0.3 is 14.2 Å². The highest BCUT2D eigenvalue weighted by molar-refractivity contribution is 7.98. The van der Waals surface area contributed by atoms with Gasteiger partial charge in [-0.3, -0.25) is 9.36 Å². The molecule has 1 aliphatic rings. The summed E-state index contributed by atoms with van der Waals surface area (Å²) >= 11 is 2.82. The maximum absolute atomic E-state index is 14.2. The van der Waals surface area contributed by atoms with Crippen LogP contribution < -0.4 is 24.4 Å². The Kier molecular flexibility index (Phi) is 8.91. The van der Waals surface area contributed by atoms with Crippen LogP contribution >= 0.6 is 23.1 Å². The molecule has 8 nitrogen and oxygen atoms in total. The number of hydrogen-bond acceptors (Lipinski definition) is 9. The van der Waals surface area contributed by atoms with Crippen LogP contribution in [0.1, 0.15) is 29.7 Å². The van der Waals surface area contributed by atoms with Crippen LogP contribution in [0.15, 0.2) is 93.1 Å². The van der Waals surface area contributed by atoms with Gasteiger partial charge in [0.25, 0.3) is 5.56 Å². The number of para-hydroxylation sites is 1. The molecule has 0 amide bonds. The van der Waals surface area contributed by atoms with Gasteiger partial charge in [-0.1, -0.05) is 65.9 Å². The highest BCUT2D eigenvalue weighted by atomic mass is 32.2. The maximum Gasteiger partial charge on any atom is 0.338 e. The molecule has 0 bridgehead atoms. The fourth-order valence-electron chi connectivity index (χ4n) is 4.75. The fraction of sp³-hybridized carbons (Fsp3) is 0.188. The maximum atomic E-state index is 14.2. The quantitative estimate of drug-likeness (QED) is 0.206. The van der Waals surface area contributed by atoms with Gasteiger partial charge in [0.15, 0.2) is 22.9 Å². The number of carbonyl (C=O) groups excluding carboxylic acids is 1. The third-order valence-corrected chi connectivity index (χ3v) is 8.33. The van der Waals surface area contributed by atoms with E-state index >= 15 is 0 Å². The standard InChI is InChI=1S/C32H27N3O5S2/c1-4-39-31(37)26-27(20-9-6-5-7-10-20)34-32-35(28(26)21-13-15-23(41-3)16-14-21)30(36)25(42-32)19-22-11-8-12-24(38-2)29(22)40-18-17-33/h5-16,19,28H,4,18H2,1-3H3/b25-19-/t28-/m1/s1. The summed E-state index contributed by atoms with van der Waals surface area (Å²) in [5.41, 5.74) is 2.50. The van der Waals surface area contributed by atoms with Crippen LogP contribution in [0.4, 0.5) is 0 Å². The average Bonchev–Trinajstić information content (AvgIpc) is 3.34. The number of methoxy groups -OCH3 is 1. The van der Waals surface area contributed by atoms with Crippen molar-refractivity contribution in [1.29, 1.82) is 5.26 Å². The number of thioether (sulfide) groups is 1. The van der Waals surface area contributed by atoms with Gasteiger partial charge in [0.1, 0.15) is 6.07 Å². The Bertz CT molecular complexity index is 1870. The van der Waals surface area contributed by atoms with E-state index < -0.39 is 12.0 Å². The van der Waals surface area contributed by atoms with Gasteiger partial charge in [-0.25, -0.2) is 9.79 Å². The van der Waals surface area contributed by atoms with Crippen molar-refractivity contribution in [2.24, 2.45) is 4.99 Å². The van der Waals surface area contributed by atoms with Gasteiger partial charge in [-0.05, 0) is 43.0 Å². The van der Waals surface area contributed by atoms with Gasteiger partial charge in [0.05, 0.1) is 35.6 Å². The Morgan fingerprint density at radius 3 is 2.55 bits per heavy atom. The molecule has 212 valence electrons. The molecule has 42 heavy (non-hydrogen) atoms. The SMILES string of the molecule is CCOC(=O)C1=C(c2ccccc2)N=c2s/c(=C\c3cccc(OC)c3OCC#N)c(=O)n2[C@@H]1c1ccc(SC)cc1. The molecule has 2 heterocycles. The molecule has 0 N–H and O–H groups in total. The van der Waals surface area contributed by atoms with Crippen LogP contribution in [0.2, 0.25) is 0 Å². The van der Waals surface area contributed by atoms with Crippen molar-refractivity contribution < 1.29 is 19.0 Å². The molecular weight excluding hydrogens is 571 g/mol. The van der Waals surface area contributed by atoms with Crippen LogP contribution in [0.3, 0.4) is 0 Å². The van der Waals surface area contributed by atoms with Gasteiger partial charge >= 0.3 is 5.97 Å². The number of thiazole rings is 1. The van der Waals surface area contributed by atoms with Crippen molar-refractivity contribution in [3.63, 3.8) is 0 Å². The van der Waals surface area contributed by atoms with E-state index in [1.807, 2.05) is 66.9 Å². The normalized spacial score (nSPS) is 14.5. The fourth-order valence-corrected chi connectivity index (χ4v) is 6.15. The molecule has 1 aromatic heterocycles. The lowest BCUT2D eigenvalue weighted by atomic mass is 9.93. The lowest BCUT2D eigenvalue weighted by molar-refractivity contribution is -0.138. The number of fused-ring (bicyclic) bond motifs is 1. The highest BCUT2D eigenvalue weighted by Crippen LogP contribution is 2.36. The zero-order chi connectivity index (χ0) is 29.6. The summed E-state index contributed by atoms with van der Waals surface area (Å²) < 4.78 is 18.6. The summed E-state index contributed by atoms with van der Waals surface area (Å²) in [6.45, 7) is 1.74. The monoisotopic (exact) mass is 597 g/mol. The molecule has 10 heteroatoms. The molecule has 0 saturated heterocycles.